The number of rotatable bonds is 4. The SMILES string of the molecule is COc1ccc(NC(=O)C(C)n2ncc3ccccc3c2=O)cc1. The second kappa shape index (κ2) is 6.54. The van der Waals surface area contributed by atoms with E-state index in [-0.39, 0.29) is 11.5 Å². The number of ether oxygens (including phenoxy) is 1. The van der Waals surface area contributed by atoms with Crippen molar-refractivity contribution >= 4 is 22.4 Å². The quantitative estimate of drug-likeness (QED) is 0.801. The smallest absolute Gasteiger partial charge is 0.275 e. The normalized spacial score (nSPS) is 11.9. The molecule has 0 aliphatic heterocycles. The van der Waals surface area contributed by atoms with E-state index in [4.69, 9.17) is 4.74 Å². The molecular weight excluding hydrogens is 306 g/mol. The molecule has 0 bridgehead atoms. The van der Waals surface area contributed by atoms with Gasteiger partial charge in [0.05, 0.1) is 18.7 Å². The minimum absolute atomic E-state index is 0.287. The molecule has 0 spiro atoms. The number of hydrogen-bond donors (Lipinski definition) is 1. The molecule has 2 aromatic carbocycles. The van der Waals surface area contributed by atoms with Crippen molar-refractivity contribution in [3.05, 3.63) is 65.1 Å². The predicted molar refractivity (Wildman–Crippen MR) is 92.3 cm³/mol. The lowest BCUT2D eigenvalue weighted by molar-refractivity contribution is -0.119. The van der Waals surface area contributed by atoms with Gasteiger partial charge in [-0.2, -0.15) is 5.10 Å². The van der Waals surface area contributed by atoms with E-state index in [9.17, 15) is 9.59 Å². The van der Waals surface area contributed by atoms with Crippen LogP contribution < -0.4 is 15.6 Å². The maximum atomic E-state index is 12.5. The molecule has 0 saturated heterocycles. The van der Waals surface area contributed by atoms with Crippen molar-refractivity contribution in [2.24, 2.45) is 0 Å². The van der Waals surface area contributed by atoms with Crippen LogP contribution in [0, 0.1) is 0 Å². The Kier molecular flexibility index (Phi) is 4.29. The maximum Gasteiger partial charge on any atom is 0.275 e. The summed E-state index contributed by atoms with van der Waals surface area (Å²) >= 11 is 0. The number of hydrogen-bond acceptors (Lipinski definition) is 4. The molecule has 6 nitrogen and oxygen atoms in total. The molecule has 0 saturated carbocycles. The van der Waals surface area contributed by atoms with Crippen molar-refractivity contribution in [3.63, 3.8) is 0 Å². The molecule has 3 rings (SSSR count). The van der Waals surface area contributed by atoms with E-state index >= 15 is 0 Å². The minimum atomic E-state index is -0.732. The number of carbonyl (C=O) groups is 1. The molecule has 1 N–H and O–H groups in total. The van der Waals surface area contributed by atoms with Crippen molar-refractivity contribution < 1.29 is 9.53 Å². The van der Waals surface area contributed by atoms with Gasteiger partial charge in [0.15, 0.2) is 0 Å². The van der Waals surface area contributed by atoms with Crippen molar-refractivity contribution in [2.75, 3.05) is 12.4 Å². The van der Waals surface area contributed by atoms with Gasteiger partial charge < -0.3 is 10.1 Å². The average molecular weight is 323 g/mol. The third kappa shape index (κ3) is 2.99. The molecule has 0 aliphatic rings. The van der Waals surface area contributed by atoms with Gasteiger partial charge in [-0.3, -0.25) is 9.59 Å². The van der Waals surface area contributed by atoms with Gasteiger partial charge in [-0.25, -0.2) is 4.68 Å². The van der Waals surface area contributed by atoms with Crippen LogP contribution in [-0.2, 0) is 4.79 Å². The van der Waals surface area contributed by atoms with E-state index < -0.39 is 6.04 Å². The Morgan fingerprint density at radius 3 is 2.58 bits per heavy atom. The number of benzene rings is 2. The third-order valence-corrected chi connectivity index (χ3v) is 3.82. The lowest BCUT2D eigenvalue weighted by atomic mass is 10.2. The number of methoxy groups -OCH3 is 1. The Labute approximate surface area is 138 Å². The average Bonchev–Trinajstić information content (AvgIpc) is 2.62. The molecule has 1 atom stereocenters. The molecule has 122 valence electrons. The number of nitrogens with one attached hydrogen (secondary N) is 1. The Morgan fingerprint density at radius 2 is 1.88 bits per heavy atom. The minimum Gasteiger partial charge on any atom is -0.497 e. The van der Waals surface area contributed by atoms with Crippen molar-refractivity contribution in [3.8, 4) is 5.75 Å². The molecule has 6 heteroatoms. The second-order valence-electron chi connectivity index (χ2n) is 5.38. The fourth-order valence-electron chi connectivity index (χ4n) is 2.41. The van der Waals surface area contributed by atoms with E-state index in [0.29, 0.717) is 16.8 Å². The van der Waals surface area contributed by atoms with E-state index in [1.807, 2.05) is 12.1 Å². The molecule has 0 aliphatic carbocycles. The summed E-state index contributed by atoms with van der Waals surface area (Å²) in [5.41, 5.74) is 0.340. The van der Waals surface area contributed by atoms with Crippen LogP contribution in [0.2, 0.25) is 0 Å². The Morgan fingerprint density at radius 1 is 1.17 bits per heavy atom. The first-order valence-electron chi connectivity index (χ1n) is 7.51. The van der Waals surface area contributed by atoms with Gasteiger partial charge in [0, 0.05) is 11.1 Å². The van der Waals surface area contributed by atoms with Crippen LogP contribution in [-0.4, -0.2) is 22.8 Å². The Bertz CT molecular complexity index is 932. The molecule has 1 amide bonds. The molecule has 24 heavy (non-hydrogen) atoms. The number of fused-ring (bicyclic) bond motifs is 1. The molecule has 3 aromatic rings. The number of amides is 1. The van der Waals surface area contributed by atoms with Gasteiger partial charge in [0.2, 0.25) is 5.91 Å². The van der Waals surface area contributed by atoms with Crippen LogP contribution >= 0.6 is 0 Å². The fraction of sp³-hybridized carbons (Fsp3) is 0.167. The summed E-state index contributed by atoms with van der Waals surface area (Å²) in [4.78, 5) is 24.9. The summed E-state index contributed by atoms with van der Waals surface area (Å²) in [6.45, 7) is 1.64. The number of carbonyl (C=O) groups excluding carboxylic acids is 1. The van der Waals surface area contributed by atoms with E-state index in [1.54, 1.807) is 56.6 Å². The van der Waals surface area contributed by atoms with E-state index in [1.165, 1.54) is 4.68 Å². The first-order valence-corrected chi connectivity index (χ1v) is 7.51. The van der Waals surface area contributed by atoms with Gasteiger partial charge >= 0.3 is 0 Å². The Hall–Kier alpha value is -3.15. The highest BCUT2D eigenvalue weighted by Crippen LogP contribution is 2.16. The summed E-state index contributed by atoms with van der Waals surface area (Å²) in [5, 5.41) is 8.18. The molecule has 1 aromatic heterocycles. The van der Waals surface area contributed by atoms with E-state index in [0.717, 1.165) is 5.39 Å². The largest absolute Gasteiger partial charge is 0.497 e. The Balaban J connectivity index is 1.85. The lowest BCUT2D eigenvalue weighted by Crippen LogP contribution is -2.33. The standard InChI is InChI=1S/C18H17N3O3/c1-12(17(22)20-14-7-9-15(24-2)10-8-14)21-18(23)16-6-4-3-5-13(16)11-19-21/h3-12H,1-2H3,(H,20,22). The summed E-state index contributed by atoms with van der Waals surface area (Å²) in [5.74, 6) is 0.388. The van der Waals surface area contributed by atoms with Gasteiger partial charge in [-0.15, -0.1) is 0 Å². The van der Waals surface area contributed by atoms with E-state index in [2.05, 4.69) is 10.4 Å². The number of anilines is 1. The summed E-state index contributed by atoms with van der Waals surface area (Å²) in [6, 6.07) is 13.4. The highest BCUT2D eigenvalue weighted by atomic mass is 16.5. The van der Waals surface area contributed by atoms with Crippen LogP contribution in [0.15, 0.2) is 59.5 Å². The molecule has 0 radical (unpaired) electrons. The topological polar surface area (TPSA) is 73.2 Å². The third-order valence-electron chi connectivity index (χ3n) is 3.82. The van der Waals surface area contributed by atoms with Crippen LogP contribution in [0.3, 0.4) is 0 Å². The summed E-state index contributed by atoms with van der Waals surface area (Å²) in [7, 11) is 1.58. The van der Waals surface area contributed by atoms with Crippen molar-refractivity contribution in [2.45, 2.75) is 13.0 Å². The van der Waals surface area contributed by atoms with Crippen molar-refractivity contribution in [1.29, 1.82) is 0 Å². The van der Waals surface area contributed by atoms with Gasteiger partial charge in [-0.05, 0) is 37.3 Å². The fourth-order valence-corrected chi connectivity index (χ4v) is 2.41. The zero-order valence-corrected chi connectivity index (χ0v) is 13.4. The highest BCUT2D eigenvalue weighted by molar-refractivity contribution is 5.93. The van der Waals surface area contributed by atoms with Crippen LogP contribution in [0.1, 0.15) is 13.0 Å². The predicted octanol–water partition coefficient (Wildman–Crippen LogP) is 2.60. The monoisotopic (exact) mass is 323 g/mol. The van der Waals surface area contributed by atoms with Gasteiger partial charge in [0.1, 0.15) is 11.8 Å². The lowest BCUT2D eigenvalue weighted by Gasteiger charge is -2.14. The van der Waals surface area contributed by atoms with Gasteiger partial charge in [0.25, 0.3) is 5.56 Å². The number of nitrogens with zero attached hydrogens (tertiary/aromatic N) is 2. The first kappa shape index (κ1) is 15.7. The van der Waals surface area contributed by atoms with Crippen molar-refractivity contribution in [1.82, 2.24) is 9.78 Å². The maximum absolute atomic E-state index is 12.5. The van der Waals surface area contributed by atoms with Gasteiger partial charge in [-0.1, -0.05) is 18.2 Å². The van der Waals surface area contributed by atoms with Crippen LogP contribution in [0.5, 0.6) is 5.75 Å². The molecular formula is C18H17N3O3. The zero-order valence-electron chi connectivity index (χ0n) is 13.4. The molecule has 0 fully saturated rings. The highest BCUT2D eigenvalue weighted by Gasteiger charge is 2.18. The zero-order chi connectivity index (χ0) is 17.1. The number of aromatic nitrogens is 2. The summed E-state index contributed by atoms with van der Waals surface area (Å²) in [6.07, 6.45) is 1.59. The molecule has 1 unspecified atom stereocenters. The molecule has 1 heterocycles. The van der Waals surface area contributed by atoms with Crippen LogP contribution in [0.25, 0.3) is 10.8 Å². The van der Waals surface area contributed by atoms with Crippen LogP contribution in [0.4, 0.5) is 5.69 Å². The second-order valence-corrected chi connectivity index (χ2v) is 5.38. The summed E-state index contributed by atoms with van der Waals surface area (Å²) < 4.78 is 6.28. The first-order chi connectivity index (χ1) is 11.6.